The van der Waals surface area contributed by atoms with Crippen molar-refractivity contribution in [1.29, 1.82) is 0 Å². The second kappa shape index (κ2) is 6.37. The van der Waals surface area contributed by atoms with Crippen molar-refractivity contribution >= 4 is 29.1 Å². The third-order valence-electron chi connectivity index (χ3n) is 3.76. The van der Waals surface area contributed by atoms with Gasteiger partial charge in [0, 0.05) is 16.8 Å². The fourth-order valence-electron chi connectivity index (χ4n) is 2.55. The molecule has 2 aromatic carbocycles. The van der Waals surface area contributed by atoms with Crippen molar-refractivity contribution in [2.75, 3.05) is 5.32 Å². The summed E-state index contributed by atoms with van der Waals surface area (Å²) < 4.78 is 1.63. The van der Waals surface area contributed by atoms with Crippen LogP contribution in [0.5, 0.6) is 0 Å². The first-order chi connectivity index (χ1) is 12.2. The number of halogens is 1. The van der Waals surface area contributed by atoms with Gasteiger partial charge in [0.1, 0.15) is 0 Å². The Labute approximate surface area is 148 Å². The van der Waals surface area contributed by atoms with Crippen LogP contribution in [0.4, 0.5) is 5.95 Å². The zero-order chi connectivity index (χ0) is 17.2. The lowest BCUT2D eigenvalue weighted by Crippen LogP contribution is -2.12. The first-order valence-corrected chi connectivity index (χ1v) is 8.06. The van der Waals surface area contributed by atoms with Gasteiger partial charge in [-0.15, -0.1) is 5.10 Å². The van der Waals surface area contributed by atoms with Gasteiger partial charge in [0.05, 0.1) is 0 Å². The number of benzene rings is 2. The molecule has 0 spiro atoms. The second-order valence-electron chi connectivity index (χ2n) is 5.48. The Morgan fingerprint density at radius 3 is 2.60 bits per heavy atom. The van der Waals surface area contributed by atoms with E-state index in [0.29, 0.717) is 16.2 Å². The smallest absolute Gasteiger partial charge is 0.258 e. The first-order valence-electron chi connectivity index (χ1n) is 7.68. The maximum Gasteiger partial charge on any atom is 0.258 e. The molecule has 1 N–H and O–H groups in total. The number of aromatic nitrogens is 3. The summed E-state index contributed by atoms with van der Waals surface area (Å²) in [5, 5.41) is 7.47. The molecule has 4 aromatic rings. The highest BCUT2D eigenvalue weighted by Gasteiger charge is 2.11. The molecular weight excluding hydrogens is 336 g/mol. The summed E-state index contributed by atoms with van der Waals surface area (Å²) >= 11 is 5.92. The molecule has 0 atom stereocenters. The Balaban J connectivity index is 1.62. The van der Waals surface area contributed by atoms with Crippen molar-refractivity contribution in [3.05, 3.63) is 83.5 Å². The molecule has 5 nitrogen and oxygen atoms in total. The normalized spacial score (nSPS) is 10.8. The Bertz CT molecular complexity index is 1060. The largest absolute Gasteiger partial charge is 0.289 e. The highest BCUT2D eigenvalue weighted by molar-refractivity contribution is 6.31. The topological polar surface area (TPSA) is 59.3 Å². The number of fused-ring (bicyclic) bond motifs is 1. The Morgan fingerprint density at radius 2 is 1.80 bits per heavy atom. The van der Waals surface area contributed by atoms with Crippen LogP contribution in [0.3, 0.4) is 0 Å². The van der Waals surface area contributed by atoms with Crippen molar-refractivity contribution in [3.8, 4) is 11.1 Å². The van der Waals surface area contributed by atoms with E-state index in [9.17, 15) is 4.79 Å². The molecule has 25 heavy (non-hydrogen) atoms. The van der Waals surface area contributed by atoms with E-state index < -0.39 is 0 Å². The van der Waals surface area contributed by atoms with Gasteiger partial charge >= 0.3 is 0 Å². The molecular formula is C19H13ClN4O. The summed E-state index contributed by atoms with van der Waals surface area (Å²) in [4.78, 5) is 16.6. The highest BCUT2D eigenvalue weighted by Crippen LogP contribution is 2.20. The molecule has 0 bridgehead atoms. The summed E-state index contributed by atoms with van der Waals surface area (Å²) in [5.41, 5.74) is 3.24. The molecule has 0 aliphatic carbocycles. The molecule has 2 aromatic heterocycles. The minimum absolute atomic E-state index is 0.246. The van der Waals surface area contributed by atoms with Crippen molar-refractivity contribution in [2.24, 2.45) is 0 Å². The van der Waals surface area contributed by atoms with Crippen molar-refractivity contribution in [2.45, 2.75) is 0 Å². The van der Waals surface area contributed by atoms with Crippen molar-refractivity contribution in [3.63, 3.8) is 0 Å². The van der Waals surface area contributed by atoms with Crippen LogP contribution in [0, 0.1) is 0 Å². The minimum atomic E-state index is -0.304. The van der Waals surface area contributed by atoms with Crippen LogP contribution in [0.25, 0.3) is 16.8 Å². The predicted octanol–water partition coefficient (Wildman–Crippen LogP) is 4.30. The van der Waals surface area contributed by atoms with Crippen LogP contribution in [0.15, 0.2) is 72.9 Å². The number of nitrogens with zero attached hydrogens (tertiary/aromatic N) is 3. The average molecular weight is 349 g/mol. The van der Waals surface area contributed by atoms with Gasteiger partial charge in [0.25, 0.3) is 5.91 Å². The van der Waals surface area contributed by atoms with Crippen LogP contribution in [-0.2, 0) is 0 Å². The SMILES string of the molecule is O=C(Nc1nc2cc(-c3ccccc3)ccn2n1)c1cccc(Cl)c1. The number of carbonyl (C=O) groups excluding carboxylic acids is 1. The van der Waals surface area contributed by atoms with Crippen molar-refractivity contribution < 1.29 is 4.79 Å². The second-order valence-corrected chi connectivity index (χ2v) is 5.92. The van der Waals surface area contributed by atoms with E-state index in [4.69, 9.17) is 11.6 Å². The van der Waals surface area contributed by atoms with Crippen LogP contribution < -0.4 is 5.32 Å². The minimum Gasteiger partial charge on any atom is -0.289 e. The zero-order valence-corrected chi connectivity index (χ0v) is 13.8. The van der Waals surface area contributed by atoms with E-state index in [1.807, 2.05) is 48.7 Å². The standard InChI is InChI=1S/C19H13ClN4O/c20-16-8-4-7-15(11-16)18(25)22-19-21-17-12-14(9-10-24(17)23-19)13-5-2-1-3-6-13/h1-12H,(H,22,23,25). The monoisotopic (exact) mass is 348 g/mol. The van der Waals surface area contributed by atoms with Gasteiger partial charge in [-0.1, -0.05) is 48.0 Å². The Morgan fingerprint density at radius 1 is 0.960 bits per heavy atom. The predicted molar refractivity (Wildman–Crippen MR) is 97.8 cm³/mol. The number of pyridine rings is 1. The van der Waals surface area contributed by atoms with Gasteiger partial charge in [-0.3, -0.25) is 10.1 Å². The third-order valence-corrected chi connectivity index (χ3v) is 3.99. The fourth-order valence-corrected chi connectivity index (χ4v) is 2.74. The molecule has 122 valence electrons. The van der Waals surface area contributed by atoms with E-state index in [0.717, 1.165) is 11.1 Å². The summed E-state index contributed by atoms with van der Waals surface area (Å²) in [6, 6.07) is 20.6. The molecule has 0 aliphatic heterocycles. The third kappa shape index (κ3) is 3.22. The van der Waals surface area contributed by atoms with Gasteiger partial charge < -0.3 is 0 Å². The first kappa shape index (κ1) is 15.4. The Kier molecular flexibility index (Phi) is 3.91. The number of carbonyl (C=O) groups is 1. The molecule has 4 rings (SSSR count). The summed E-state index contributed by atoms with van der Waals surface area (Å²) in [5.74, 6) is -0.0584. The Hall–Kier alpha value is -3.18. The van der Waals surface area contributed by atoms with Gasteiger partial charge in [-0.05, 0) is 41.5 Å². The maximum absolute atomic E-state index is 12.3. The van der Waals surface area contributed by atoms with Crippen LogP contribution in [-0.4, -0.2) is 20.5 Å². The molecule has 2 heterocycles. The molecule has 0 fully saturated rings. The molecule has 0 saturated heterocycles. The summed E-state index contributed by atoms with van der Waals surface area (Å²) in [6.45, 7) is 0. The molecule has 0 saturated carbocycles. The van der Waals surface area contributed by atoms with Gasteiger partial charge in [0.15, 0.2) is 5.65 Å². The van der Waals surface area contributed by atoms with E-state index in [1.54, 1.807) is 28.8 Å². The molecule has 0 aliphatic rings. The van der Waals surface area contributed by atoms with Crippen LogP contribution >= 0.6 is 11.6 Å². The molecule has 0 unspecified atom stereocenters. The maximum atomic E-state index is 12.3. The van der Waals surface area contributed by atoms with Gasteiger partial charge in [-0.2, -0.15) is 4.98 Å². The lowest BCUT2D eigenvalue weighted by molar-refractivity contribution is 0.102. The number of hydrogen-bond donors (Lipinski definition) is 1. The number of hydrogen-bond acceptors (Lipinski definition) is 3. The lowest BCUT2D eigenvalue weighted by atomic mass is 10.1. The van der Waals surface area contributed by atoms with Gasteiger partial charge in [0.2, 0.25) is 5.95 Å². The van der Waals surface area contributed by atoms with E-state index >= 15 is 0 Å². The zero-order valence-electron chi connectivity index (χ0n) is 13.1. The quantitative estimate of drug-likeness (QED) is 0.600. The molecule has 1 amide bonds. The molecule has 6 heteroatoms. The van der Waals surface area contributed by atoms with E-state index in [1.165, 1.54) is 0 Å². The van der Waals surface area contributed by atoms with Crippen LogP contribution in [0.2, 0.25) is 5.02 Å². The van der Waals surface area contributed by atoms with Crippen molar-refractivity contribution in [1.82, 2.24) is 14.6 Å². The lowest BCUT2D eigenvalue weighted by Gasteiger charge is -2.00. The molecule has 0 radical (unpaired) electrons. The average Bonchev–Trinajstić information content (AvgIpc) is 3.03. The van der Waals surface area contributed by atoms with Gasteiger partial charge in [-0.25, -0.2) is 4.52 Å². The number of nitrogens with one attached hydrogen (secondary N) is 1. The fraction of sp³-hybridized carbons (Fsp3) is 0. The number of anilines is 1. The van der Waals surface area contributed by atoms with Crippen LogP contribution in [0.1, 0.15) is 10.4 Å². The number of rotatable bonds is 3. The highest BCUT2D eigenvalue weighted by atomic mass is 35.5. The summed E-state index contributed by atoms with van der Waals surface area (Å²) in [6.07, 6.45) is 1.82. The summed E-state index contributed by atoms with van der Waals surface area (Å²) in [7, 11) is 0. The van der Waals surface area contributed by atoms with E-state index in [2.05, 4.69) is 15.4 Å². The number of amides is 1. The van der Waals surface area contributed by atoms with E-state index in [-0.39, 0.29) is 11.9 Å².